The van der Waals surface area contributed by atoms with Crippen LogP contribution < -0.4 is 16.7 Å². The molecule has 8 nitrogen and oxygen atoms in total. The van der Waals surface area contributed by atoms with E-state index >= 15 is 0 Å². The van der Waals surface area contributed by atoms with E-state index in [2.05, 4.69) is 15.5 Å². The zero-order valence-corrected chi connectivity index (χ0v) is 15.9. The van der Waals surface area contributed by atoms with Gasteiger partial charge >= 0.3 is 5.69 Å². The molecule has 0 fully saturated rings. The van der Waals surface area contributed by atoms with Crippen molar-refractivity contribution in [3.63, 3.8) is 0 Å². The number of carbonyl (C=O) groups excluding carboxylic acids is 1. The van der Waals surface area contributed by atoms with Crippen LogP contribution in [-0.2, 0) is 0 Å². The van der Waals surface area contributed by atoms with Crippen LogP contribution in [0.5, 0.6) is 5.88 Å². The van der Waals surface area contributed by atoms with Crippen molar-refractivity contribution in [2.45, 2.75) is 19.8 Å². The third-order valence-electron chi connectivity index (χ3n) is 4.33. The Morgan fingerprint density at radius 1 is 1.10 bits per heavy atom. The lowest BCUT2D eigenvalue weighted by atomic mass is 10.0. The first-order valence-corrected chi connectivity index (χ1v) is 8.95. The average molecular weight is 392 g/mol. The van der Waals surface area contributed by atoms with Crippen LogP contribution in [-0.4, -0.2) is 26.8 Å². The lowest BCUT2D eigenvalue weighted by Crippen LogP contribution is -2.31. The highest BCUT2D eigenvalue weighted by molar-refractivity contribution is 5.94. The maximum atomic E-state index is 12.2. The SMILES string of the molecule is CC(C)c1ccc(-n2c(O)c(/C=N/NC(=O)c3ccccc3)c(=O)[nH]c2=O)cc1. The van der Waals surface area contributed by atoms with E-state index < -0.39 is 23.0 Å². The highest BCUT2D eigenvalue weighted by atomic mass is 16.3. The predicted molar refractivity (Wildman–Crippen MR) is 110 cm³/mol. The number of nitrogens with zero attached hydrogens (tertiary/aromatic N) is 2. The molecule has 0 saturated carbocycles. The number of rotatable bonds is 5. The van der Waals surface area contributed by atoms with E-state index in [-0.39, 0.29) is 5.56 Å². The summed E-state index contributed by atoms with van der Waals surface area (Å²) in [5.74, 6) is -0.745. The number of amides is 1. The fourth-order valence-corrected chi connectivity index (χ4v) is 2.71. The van der Waals surface area contributed by atoms with Gasteiger partial charge in [0.2, 0.25) is 5.88 Å². The van der Waals surface area contributed by atoms with Crippen molar-refractivity contribution in [3.05, 3.63) is 92.1 Å². The van der Waals surface area contributed by atoms with Crippen LogP contribution in [0.15, 0.2) is 69.3 Å². The highest BCUT2D eigenvalue weighted by Gasteiger charge is 2.14. The first-order valence-electron chi connectivity index (χ1n) is 8.95. The number of aromatic hydroxyl groups is 1. The molecule has 3 aromatic rings. The number of hydrazone groups is 1. The van der Waals surface area contributed by atoms with Gasteiger partial charge in [-0.25, -0.2) is 14.8 Å². The summed E-state index contributed by atoms with van der Waals surface area (Å²) in [5.41, 5.74) is 2.25. The van der Waals surface area contributed by atoms with Gasteiger partial charge in [-0.2, -0.15) is 5.10 Å². The van der Waals surface area contributed by atoms with Gasteiger partial charge in [-0.15, -0.1) is 0 Å². The second kappa shape index (κ2) is 8.39. The Labute approximate surface area is 166 Å². The molecule has 8 heteroatoms. The normalized spacial score (nSPS) is 11.1. The number of aromatic nitrogens is 2. The van der Waals surface area contributed by atoms with Gasteiger partial charge in [0.15, 0.2) is 0 Å². The summed E-state index contributed by atoms with van der Waals surface area (Å²) in [6, 6.07) is 15.4. The summed E-state index contributed by atoms with van der Waals surface area (Å²) in [7, 11) is 0. The van der Waals surface area contributed by atoms with Crippen molar-refractivity contribution in [1.29, 1.82) is 0 Å². The lowest BCUT2D eigenvalue weighted by molar-refractivity contribution is 0.0955. The molecule has 1 amide bonds. The van der Waals surface area contributed by atoms with E-state index in [1.54, 1.807) is 42.5 Å². The molecule has 29 heavy (non-hydrogen) atoms. The number of carbonyl (C=O) groups is 1. The van der Waals surface area contributed by atoms with Crippen molar-refractivity contribution < 1.29 is 9.90 Å². The minimum absolute atomic E-state index is 0.258. The molecule has 0 radical (unpaired) electrons. The minimum Gasteiger partial charge on any atom is -0.493 e. The maximum Gasteiger partial charge on any atom is 0.335 e. The second-order valence-corrected chi connectivity index (χ2v) is 6.64. The molecule has 148 valence electrons. The molecule has 1 aromatic heterocycles. The summed E-state index contributed by atoms with van der Waals surface area (Å²) in [5, 5.41) is 14.2. The number of aromatic amines is 1. The quantitative estimate of drug-likeness (QED) is 0.455. The first-order chi connectivity index (χ1) is 13.9. The molecular formula is C21H20N4O4. The van der Waals surface area contributed by atoms with Gasteiger partial charge in [0.1, 0.15) is 5.56 Å². The van der Waals surface area contributed by atoms with Gasteiger partial charge in [0.05, 0.1) is 11.9 Å². The number of benzene rings is 2. The highest BCUT2D eigenvalue weighted by Crippen LogP contribution is 2.19. The Morgan fingerprint density at radius 2 is 1.76 bits per heavy atom. The standard InChI is InChI=1S/C21H20N4O4/c1-13(2)14-8-10-16(11-9-14)25-20(28)17(19(27)23-21(25)29)12-22-24-18(26)15-6-4-3-5-7-15/h3-13,28H,1-2H3,(H,24,26)(H,23,27,29)/b22-12+. The van der Waals surface area contributed by atoms with E-state index in [4.69, 9.17) is 0 Å². The lowest BCUT2D eigenvalue weighted by Gasteiger charge is -2.11. The van der Waals surface area contributed by atoms with Crippen LogP contribution in [0.25, 0.3) is 5.69 Å². The predicted octanol–water partition coefficient (Wildman–Crippen LogP) is 2.12. The number of hydrogen-bond donors (Lipinski definition) is 3. The van der Waals surface area contributed by atoms with E-state index in [0.29, 0.717) is 17.2 Å². The Bertz CT molecular complexity index is 1160. The van der Waals surface area contributed by atoms with Gasteiger partial charge in [-0.05, 0) is 35.7 Å². The topological polar surface area (TPSA) is 117 Å². The molecule has 0 bridgehead atoms. The second-order valence-electron chi connectivity index (χ2n) is 6.64. The summed E-state index contributed by atoms with van der Waals surface area (Å²) < 4.78 is 0.964. The van der Waals surface area contributed by atoms with E-state index in [1.807, 2.05) is 26.0 Å². The van der Waals surface area contributed by atoms with Gasteiger partial charge in [-0.3, -0.25) is 14.6 Å². The Kier molecular flexibility index (Phi) is 5.73. The molecule has 3 rings (SSSR count). The van der Waals surface area contributed by atoms with E-state index in [1.165, 1.54) is 0 Å². The van der Waals surface area contributed by atoms with Crippen LogP contribution >= 0.6 is 0 Å². The molecule has 2 aromatic carbocycles. The molecule has 1 heterocycles. The van der Waals surface area contributed by atoms with Gasteiger partial charge in [0, 0.05) is 5.56 Å². The molecule has 0 saturated heterocycles. The largest absolute Gasteiger partial charge is 0.493 e. The van der Waals surface area contributed by atoms with Crippen LogP contribution in [0.3, 0.4) is 0 Å². The third kappa shape index (κ3) is 4.32. The van der Waals surface area contributed by atoms with Crippen molar-refractivity contribution in [1.82, 2.24) is 15.0 Å². The summed E-state index contributed by atoms with van der Waals surface area (Å²) in [4.78, 5) is 38.5. The van der Waals surface area contributed by atoms with Crippen LogP contribution in [0.4, 0.5) is 0 Å². The first kappa shape index (κ1) is 19.8. The Morgan fingerprint density at radius 3 is 2.38 bits per heavy atom. The van der Waals surface area contributed by atoms with Crippen LogP contribution in [0.2, 0.25) is 0 Å². The molecule has 0 aliphatic heterocycles. The van der Waals surface area contributed by atoms with Crippen LogP contribution in [0, 0.1) is 0 Å². The van der Waals surface area contributed by atoms with Crippen molar-refractivity contribution in [2.24, 2.45) is 5.10 Å². The van der Waals surface area contributed by atoms with Gasteiger partial charge in [-0.1, -0.05) is 44.2 Å². The van der Waals surface area contributed by atoms with Crippen LogP contribution in [0.1, 0.15) is 41.3 Å². The molecule has 3 N–H and O–H groups in total. The van der Waals surface area contributed by atoms with Gasteiger partial charge < -0.3 is 5.11 Å². The molecular weight excluding hydrogens is 372 g/mol. The fourth-order valence-electron chi connectivity index (χ4n) is 2.71. The average Bonchev–Trinajstić information content (AvgIpc) is 2.71. The minimum atomic E-state index is -0.819. The molecule has 0 aliphatic rings. The smallest absolute Gasteiger partial charge is 0.335 e. The van der Waals surface area contributed by atoms with Gasteiger partial charge in [0.25, 0.3) is 11.5 Å². The Hall–Kier alpha value is -3.94. The van der Waals surface area contributed by atoms with Crippen molar-refractivity contribution in [2.75, 3.05) is 0 Å². The molecule has 0 aliphatic carbocycles. The third-order valence-corrected chi connectivity index (χ3v) is 4.33. The van der Waals surface area contributed by atoms with E-state index in [9.17, 15) is 19.5 Å². The van der Waals surface area contributed by atoms with Crippen molar-refractivity contribution >= 4 is 12.1 Å². The Balaban J connectivity index is 1.92. The molecule has 0 unspecified atom stereocenters. The number of nitrogens with one attached hydrogen (secondary N) is 2. The number of hydrogen-bond acceptors (Lipinski definition) is 5. The molecule has 0 spiro atoms. The maximum absolute atomic E-state index is 12.2. The van der Waals surface area contributed by atoms with E-state index in [0.717, 1.165) is 16.3 Å². The summed E-state index contributed by atoms with van der Waals surface area (Å²) >= 11 is 0. The summed E-state index contributed by atoms with van der Waals surface area (Å²) in [6.45, 7) is 4.08. The number of H-pyrrole nitrogens is 1. The molecule has 0 atom stereocenters. The zero-order chi connectivity index (χ0) is 21.0. The summed E-state index contributed by atoms with van der Waals surface area (Å²) in [6.07, 6.45) is 0.993. The van der Waals surface area contributed by atoms with Crippen molar-refractivity contribution in [3.8, 4) is 11.6 Å². The monoisotopic (exact) mass is 392 g/mol. The fraction of sp³-hybridized carbons (Fsp3) is 0.143. The zero-order valence-electron chi connectivity index (χ0n) is 15.9.